The van der Waals surface area contributed by atoms with Gasteiger partial charge in [-0.3, -0.25) is 9.59 Å². The van der Waals surface area contributed by atoms with Crippen LogP contribution in [0.3, 0.4) is 0 Å². The minimum Gasteiger partial charge on any atom is -0.491 e. The Morgan fingerprint density at radius 3 is 2.53 bits per heavy atom. The first-order chi connectivity index (χ1) is 14.4. The smallest absolute Gasteiger partial charge is 0.325 e. The van der Waals surface area contributed by atoms with E-state index in [0.717, 1.165) is 4.70 Å². The number of aromatic nitrogens is 1. The number of rotatable bonds is 5. The van der Waals surface area contributed by atoms with E-state index in [1.165, 1.54) is 18.4 Å². The molecule has 0 unspecified atom stereocenters. The zero-order chi connectivity index (χ0) is 21.3. The summed E-state index contributed by atoms with van der Waals surface area (Å²) in [7, 11) is 1.31. The van der Waals surface area contributed by atoms with Crippen molar-refractivity contribution in [2.45, 2.75) is 26.5 Å². The fraction of sp³-hybridized carbons (Fsp3) is 0.286. The van der Waals surface area contributed by atoms with Crippen molar-refractivity contribution in [3.63, 3.8) is 0 Å². The summed E-state index contributed by atoms with van der Waals surface area (Å²) in [5.74, 6) is 1.01. The molecule has 0 fully saturated rings. The van der Waals surface area contributed by atoms with Crippen molar-refractivity contribution in [2.24, 2.45) is 4.99 Å². The van der Waals surface area contributed by atoms with Crippen LogP contribution < -0.4 is 19.0 Å². The fourth-order valence-corrected chi connectivity index (χ4v) is 4.03. The van der Waals surface area contributed by atoms with Crippen molar-refractivity contribution in [1.82, 2.24) is 4.57 Å². The lowest BCUT2D eigenvalue weighted by Gasteiger charge is -2.09. The van der Waals surface area contributed by atoms with Gasteiger partial charge in [0.25, 0.3) is 5.91 Å². The third-order valence-corrected chi connectivity index (χ3v) is 5.40. The van der Waals surface area contributed by atoms with Gasteiger partial charge in [0.15, 0.2) is 16.3 Å². The van der Waals surface area contributed by atoms with E-state index in [1.54, 1.807) is 34.9 Å². The lowest BCUT2D eigenvalue weighted by atomic mass is 10.2. The van der Waals surface area contributed by atoms with Crippen LogP contribution in [0.2, 0.25) is 0 Å². The Kier molecular flexibility index (Phi) is 5.45. The van der Waals surface area contributed by atoms with Gasteiger partial charge in [0, 0.05) is 17.7 Å². The Balaban J connectivity index is 1.74. The van der Waals surface area contributed by atoms with Crippen molar-refractivity contribution in [3.8, 4) is 17.2 Å². The molecule has 4 rings (SSSR count). The molecule has 0 atom stereocenters. The van der Waals surface area contributed by atoms with Crippen LogP contribution in [0, 0.1) is 0 Å². The summed E-state index contributed by atoms with van der Waals surface area (Å²) in [6.45, 7) is 3.93. The van der Waals surface area contributed by atoms with E-state index in [2.05, 4.69) is 4.99 Å². The summed E-state index contributed by atoms with van der Waals surface area (Å²) in [5, 5.41) is 0. The maximum Gasteiger partial charge on any atom is 0.325 e. The zero-order valence-electron chi connectivity index (χ0n) is 16.7. The Hall–Kier alpha value is -3.33. The second kappa shape index (κ2) is 8.19. The number of carbonyl (C=O) groups excluding carboxylic acids is 2. The van der Waals surface area contributed by atoms with Crippen LogP contribution in [-0.2, 0) is 16.1 Å². The SMILES string of the molecule is COC(=O)Cn1c(=NC(=O)c2ccc(OC(C)C)cc2)sc2cc3c(cc21)OCO3. The van der Waals surface area contributed by atoms with Gasteiger partial charge in [-0.05, 0) is 38.1 Å². The number of carbonyl (C=O) groups is 2. The Labute approximate surface area is 176 Å². The summed E-state index contributed by atoms with van der Waals surface area (Å²) in [6, 6.07) is 10.4. The van der Waals surface area contributed by atoms with Crippen LogP contribution in [-0.4, -0.2) is 36.5 Å². The second-order valence-electron chi connectivity index (χ2n) is 6.83. The molecule has 0 bridgehead atoms. The summed E-state index contributed by atoms with van der Waals surface area (Å²) in [5.41, 5.74) is 1.13. The van der Waals surface area contributed by atoms with Gasteiger partial charge in [0.1, 0.15) is 12.3 Å². The molecule has 1 aromatic heterocycles. The summed E-state index contributed by atoms with van der Waals surface area (Å²) < 4.78 is 23.7. The monoisotopic (exact) mass is 428 g/mol. The molecule has 0 aliphatic carbocycles. The molecule has 9 heteroatoms. The van der Waals surface area contributed by atoms with Crippen molar-refractivity contribution in [3.05, 3.63) is 46.8 Å². The zero-order valence-corrected chi connectivity index (χ0v) is 17.5. The van der Waals surface area contributed by atoms with Crippen LogP contribution in [0.4, 0.5) is 0 Å². The average Bonchev–Trinajstić information content (AvgIpc) is 3.30. The molecule has 0 radical (unpaired) electrons. The number of ether oxygens (including phenoxy) is 4. The van der Waals surface area contributed by atoms with Crippen molar-refractivity contribution < 1.29 is 28.5 Å². The van der Waals surface area contributed by atoms with Gasteiger partial charge >= 0.3 is 5.97 Å². The molecule has 0 spiro atoms. The van der Waals surface area contributed by atoms with E-state index in [1.807, 2.05) is 19.9 Å². The van der Waals surface area contributed by atoms with E-state index in [-0.39, 0.29) is 19.4 Å². The summed E-state index contributed by atoms with van der Waals surface area (Å²) >= 11 is 1.28. The third-order valence-electron chi connectivity index (χ3n) is 4.36. The van der Waals surface area contributed by atoms with Crippen LogP contribution in [0.15, 0.2) is 41.4 Å². The number of thiazole rings is 1. The largest absolute Gasteiger partial charge is 0.491 e. The molecule has 1 amide bonds. The second-order valence-corrected chi connectivity index (χ2v) is 7.84. The molecular formula is C21H20N2O6S. The van der Waals surface area contributed by atoms with Gasteiger partial charge < -0.3 is 23.5 Å². The summed E-state index contributed by atoms with van der Waals surface area (Å²) in [6.07, 6.45) is 0.0432. The van der Waals surface area contributed by atoms with Gasteiger partial charge in [-0.25, -0.2) is 0 Å². The first kappa shape index (κ1) is 20.0. The molecule has 8 nitrogen and oxygen atoms in total. The standard InChI is InChI=1S/C21H20N2O6S/c1-12(2)29-14-6-4-13(5-7-14)20(25)22-21-23(10-19(24)26-3)15-8-16-17(28-11-27-16)9-18(15)30-21/h4-9,12H,10-11H2,1-3H3. The number of esters is 1. The van der Waals surface area contributed by atoms with Crippen LogP contribution >= 0.6 is 11.3 Å². The van der Waals surface area contributed by atoms with Crippen LogP contribution in [0.25, 0.3) is 10.2 Å². The Morgan fingerprint density at radius 2 is 1.87 bits per heavy atom. The number of nitrogens with zero attached hydrogens (tertiary/aromatic N) is 2. The molecule has 0 saturated carbocycles. The van der Waals surface area contributed by atoms with Gasteiger partial charge in [0.2, 0.25) is 6.79 Å². The predicted octanol–water partition coefficient (Wildman–Crippen LogP) is 3.13. The highest BCUT2D eigenvalue weighted by Crippen LogP contribution is 2.37. The van der Waals surface area contributed by atoms with Crippen molar-refractivity contribution >= 4 is 33.4 Å². The van der Waals surface area contributed by atoms with Crippen LogP contribution in [0.5, 0.6) is 17.2 Å². The normalized spacial score (nSPS) is 13.1. The molecule has 156 valence electrons. The van der Waals surface area contributed by atoms with E-state index in [4.69, 9.17) is 18.9 Å². The highest BCUT2D eigenvalue weighted by atomic mass is 32.1. The highest BCUT2D eigenvalue weighted by Gasteiger charge is 2.19. The predicted molar refractivity (Wildman–Crippen MR) is 110 cm³/mol. The molecule has 2 heterocycles. The van der Waals surface area contributed by atoms with Gasteiger partial charge in [0.05, 0.1) is 23.4 Å². The van der Waals surface area contributed by atoms with Gasteiger partial charge in [-0.15, -0.1) is 0 Å². The van der Waals surface area contributed by atoms with E-state index in [9.17, 15) is 9.59 Å². The number of hydrogen-bond acceptors (Lipinski definition) is 7. The van der Waals surface area contributed by atoms with Crippen LogP contribution in [0.1, 0.15) is 24.2 Å². The topological polar surface area (TPSA) is 88.4 Å². The fourth-order valence-electron chi connectivity index (χ4n) is 2.99. The molecule has 1 aliphatic heterocycles. The first-order valence-electron chi connectivity index (χ1n) is 9.30. The number of fused-ring (bicyclic) bond motifs is 2. The first-order valence-corrected chi connectivity index (χ1v) is 10.1. The van der Waals surface area contributed by atoms with E-state index in [0.29, 0.717) is 33.1 Å². The quantitative estimate of drug-likeness (QED) is 0.580. The van der Waals surface area contributed by atoms with E-state index < -0.39 is 11.9 Å². The minimum absolute atomic E-state index is 0.0432. The lowest BCUT2D eigenvalue weighted by molar-refractivity contribution is -0.141. The highest BCUT2D eigenvalue weighted by molar-refractivity contribution is 7.16. The van der Waals surface area contributed by atoms with E-state index >= 15 is 0 Å². The van der Waals surface area contributed by atoms with Gasteiger partial charge in [-0.2, -0.15) is 4.99 Å². The molecule has 1 aliphatic rings. The number of hydrogen-bond donors (Lipinski definition) is 0. The molecule has 2 aromatic carbocycles. The molecule has 0 N–H and O–H groups in total. The number of amides is 1. The Bertz CT molecular complexity index is 1180. The van der Waals surface area contributed by atoms with Crippen molar-refractivity contribution in [2.75, 3.05) is 13.9 Å². The van der Waals surface area contributed by atoms with Crippen molar-refractivity contribution in [1.29, 1.82) is 0 Å². The molecule has 3 aromatic rings. The molecular weight excluding hydrogens is 408 g/mol. The molecule has 0 saturated heterocycles. The number of benzene rings is 2. The molecule has 30 heavy (non-hydrogen) atoms. The Morgan fingerprint density at radius 1 is 1.17 bits per heavy atom. The summed E-state index contributed by atoms with van der Waals surface area (Å²) in [4.78, 5) is 29.3. The van der Waals surface area contributed by atoms with Gasteiger partial charge in [-0.1, -0.05) is 11.3 Å². The maximum absolute atomic E-state index is 12.8. The maximum atomic E-state index is 12.8. The minimum atomic E-state index is -0.448. The lowest BCUT2D eigenvalue weighted by Crippen LogP contribution is -2.22. The third kappa shape index (κ3) is 4.02. The average molecular weight is 428 g/mol. The number of methoxy groups -OCH3 is 1.